The van der Waals surface area contributed by atoms with E-state index in [0.717, 1.165) is 33.4 Å². The van der Waals surface area contributed by atoms with Crippen molar-refractivity contribution in [2.75, 3.05) is 5.32 Å². The van der Waals surface area contributed by atoms with Crippen molar-refractivity contribution in [2.45, 2.75) is 6.04 Å². The van der Waals surface area contributed by atoms with Crippen molar-refractivity contribution in [3.8, 4) is 11.4 Å². The summed E-state index contributed by atoms with van der Waals surface area (Å²) in [5.74, 6) is 1.37. The minimum absolute atomic E-state index is 0.0504. The first-order valence-corrected chi connectivity index (χ1v) is 9.77. The highest BCUT2D eigenvalue weighted by atomic mass is 15.1. The predicted octanol–water partition coefficient (Wildman–Crippen LogP) is 5.29. The molecule has 0 fully saturated rings. The maximum absolute atomic E-state index is 4.86. The first-order valence-electron chi connectivity index (χ1n) is 9.77. The Kier molecular flexibility index (Phi) is 4.84. The number of nitrogens with one attached hydrogen (secondary N) is 1. The van der Waals surface area contributed by atoms with Gasteiger partial charge in [0.2, 0.25) is 0 Å². The lowest BCUT2D eigenvalue weighted by atomic mass is 9.98. The standard InChI is InChI=1S/C25H19N5/c1-3-9-18(10-4-1)23(19-11-5-2-6-12-19)29-25-21-13-7-8-14-22(21)28-24(30-25)20-15-26-17-27-16-20/h1-17,23H,(H,28,29,30). The van der Waals surface area contributed by atoms with E-state index >= 15 is 0 Å². The van der Waals surface area contributed by atoms with Crippen LogP contribution in [0.3, 0.4) is 0 Å². The highest BCUT2D eigenvalue weighted by Crippen LogP contribution is 2.30. The van der Waals surface area contributed by atoms with Crippen LogP contribution in [0.25, 0.3) is 22.3 Å². The molecule has 0 amide bonds. The SMILES string of the molecule is c1ccc(C(Nc2nc(-c3cncnc3)nc3ccccc23)c2ccccc2)cc1. The van der Waals surface area contributed by atoms with Gasteiger partial charge in [0.1, 0.15) is 12.1 Å². The minimum Gasteiger partial charge on any atom is -0.359 e. The van der Waals surface area contributed by atoms with Gasteiger partial charge >= 0.3 is 0 Å². The zero-order chi connectivity index (χ0) is 20.2. The van der Waals surface area contributed by atoms with Gasteiger partial charge in [-0.25, -0.2) is 19.9 Å². The molecule has 2 heterocycles. The third-order valence-corrected chi connectivity index (χ3v) is 4.97. The van der Waals surface area contributed by atoms with Gasteiger partial charge in [-0.05, 0) is 23.3 Å². The Morgan fingerprint density at radius 1 is 0.633 bits per heavy atom. The number of anilines is 1. The summed E-state index contributed by atoms with van der Waals surface area (Å²) in [6, 6.07) is 28.7. The van der Waals surface area contributed by atoms with Crippen LogP contribution in [0.5, 0.6) is 0 Å². The van der Waals surface area contributed by atoms with E-state index in [2.05, 4.69) is 63.8 Å². The first kappa shape index (κ1) is 17.9. The van der Waals surface area contributed by atoms with E-state index in [9.17, 15) is 0 Å². The smallest absolute Gasteiger partial charge is 0.165 e. The van der Waals surface area contributed by atoms with Gasteiger partial charge in [0.15, 0.2) is 5.82 Å². The molecule has 0 saturated carbocycles. The number of rotatable bonds is 5. The van der Waals surface area contributed by atoms with E-state index < -0.39 is 0 Å². The van der Waals surface area contributed by atoms with Crippen LogP contribution < -0.4 is 5.32 Å². The zero-order valence-electron chi connectivity index (χ0n) is 16.2. The number of benzene rings is 3. The van der Waals surface area contributed by atoms with Crippen molar-refractivity contribution in [1.29, 1.82) is 0 Å². The van der Waals surface area contributed by atoms with Gasteiger partial charge in [-0.1, -0.05) is 72.8 Å². The fourth-order valence-electron chi connectivity index (χ4n) is 3.52. The molecular formula is C25H19N5. The Morgan fingerprint density at radius 3 is 1.90 bits per heavy atom. The normalized spacial score (nSPS) is 11.0. The average Bonchev–Trinajstić information content (AvgIpc) is 2.84. The zero-order valence-corrected chi connectivity index (χ0v) is 16.2. The van der Waals surface area contributed by atoms with E-state index in [1.54, 1.807) is 12.4 Å². The second kappa shape index (κ2) is 8.09. The highest BCUT2D eigenvalue weighted by molar-refractivity contribution is 5.90. The van der Waals surface area contributed by atoms with Crippen LogP contribution in [-0.2, 0) is 0 Å². The van der Waals surface area contributed by atoms with Crippen molar-refractivity contribution in [3.05, 3.63) is 115 Å². The van der Waals surface area contributed by atoms with Gasteiger partial charge in [-0.15, -0.1) is 0 Å². The Morgan fingerprint density at radius 2 is 1.23 bits per heavy atom. The molecule has 30 heavy (non-hydrogen) atoms. The molecule has 5 heteroatoms. The summed E-state index contributed by atoms with van der Waals surface area (Å²) in [4.78, 5) is 17.8. The predicted molar refractivity (Wildman–Crippen MR) is 119 cm³/mol. The van der Waals surface area contributed by atoms with Gasteiger partial charge < -0.3 is 5.32 Å². The molecule has 3 aromatic carbocycles. The molecule has 0 spiro atoms. The van der Waals surface area contributed by atoms with E-state index in [4.69, 9.17) is 9.97 Å². The van der Waals surface area contributed by atoms with Gasteiger partial charge in [-0.2, -0.15) is 0 Å². The summed E-state index contributed by atoms with van der Waals surface area (Å²) in [7, 11) is 0. The number of hydrogen-bond acceptors (Lipinski definition) is 5. The molecule has 1 N–H and O–H groups in total. The van der Waals surface area contributed by atoms with Crippen LogP contribution >= 0.6 is 0 Å². The Balaban J connectivity index is 1.65. The Labute approximate surface area is 174 Å². The highest BCUT2D eigenvalue weighted by Gasteiger charge is 2.17. The maximum atomic E-state index is 4.86. The monoisotopic (exact) mass is 389 g/mol. The summed E-state index contributed by atoms with van der Waals surface area (Å²) >= 11 is 0. The topological polar surface area (TPSA) is 63.6 Å². The van der Waals surface area contributed by atoms with Crippen molar-refractivity contribution in [1.82, 2.24) is 19.9 Å². The van der Waals surface area contributed by atoms with Gasteiger partial charge in [-0.3, -0.25) is 0 Å². The van der Waals surface area contributed by atoms with Crippen LogP contribution in [0.1, 0.15) is 17.2 Å². The van der Waals surface area contributed by atoms with Crippen LogP contribution in [0.4, 0.5) is 5.82 Å². The van der Waals surface area contributed by atoms with Crippen molar-refractivity contribution in [3.63, 3.8) is 0 Å². The summed E-state index contributed by atoms with van der Waals surface area (Å²) in [5, 5.41) is 4.64. The lowest BCUT2D eigenvalue weighted by Gasteiger charge is -2.22. The third kappa shape index (κ3) is 3.61. The Bertz CT molecular complexity index is 1220. The van der Waals surface area contributed by atoms with Crippen LogP contribution in [-0.4, -0.2) is 19.9 Å². The summed E-state index contributed by atoms with van der Waals surface area (Å²) in [6.45, 7) is 0. The molecule has 0 aliphatic carbocycles. The fraction of sp³-hybridized carbons (Fsp3) is 0.0400. The van der Waals surface area contributed by atoms with E-state index in [-0.39, 0.29) is 6.04 Å². The van der Waals surface area contributed by atoms with Crippen LogP contribution in [0.15, 0.2) is 104 Å². The van der Waals surface area contributed by atoms with Crippen LogP contribution in [0.2, 0.25) is 0 Å². The third-order valence-electron chi connectivity index (χ3n) is 4.97. The molecule has 0 unspecified atom stereocenters. The van der Waals surface area contributed by atoms with Crippen molar-refractivity contribution >= 4 is 16.7 Å². The number of nitrogens with zero attached hydrogens (tertiary/aromatic N) is 4. The van der Waals surface area contributed by atoms with E-state index in [0.29, 0.717) is 5.82 Å². The molecule has 0 bridgehead atoms. The maximum Gasteiger partial charge on any atom is 0.165 e. The number of hydrogen-bond donors (Lipinski definition) is 1. The van der Waals surface area contributed by atoms with Gasteiger partial charge in [0, 0.05) is 17.8 Å². The largest absolute Gasteiger partial charge is 0.359 e. The molecule has 144 valence electrons. The summed E-state index contributed by atoms with van der Waals surface area (Å²) in [5.41, 5.74) is 3.97. The first-order chi connectivity index (χ1) is 14.9. The lowest BCUT2D eigenvalue weighted by molar-refractivity contribution is 0.928. The molecular weight excluding hydrogens is 370 g/mol. The minimum atomic E-state index is -0.0504. The quantitative estimate of drug-likeness (QED) is 0.443. The Hall–Kier alpha value is -4.12. The van der Waals surface area contributed by atoms with Gasteiger partial charge in [0.05, 0.1) is 17.1 Å². The molecule has 0 aliphatic heterocycles. The second-order valence-electron chi connectivity index (χ2n) is 6.94. The molecule has 0 atom stereocenters. The lowest BCUT2D eigenvalue weighted by Crippen LogP contribution is -2.14. The number of para-hydroxylation sites is 1. The van der Waals surface area contributed by atoms with Gasteiger partial charge in [0.25, 0.3) is 0 Å². The molecule has 2 aromatic heterocycles. The van der Waals surface area contributed by atoms with Crippen molar-refractivity contribution in [2.24, 2.45) is 0 Å². The molecule has 0 saturated heterocycles. The summed E-state index contributed by atoms with van der Waals surface area (Å²) < 4.78 is 0. The molecule has 0 aliphatic rings. The second-order valence-corrected chi connectivity index (χ2v) is 6.94. The summed E-state index contributed by atoms with van der Waals surface area (Å²) in [6.07, 6.45) is 4.96. The number of aromatic nitrogens is 4. The van der Waals surface area contributed by atoms with E-state index in [1.807, 2.05) is 36.4 Å². The molecule has 5 rings (SSSR count). The van der Waals surface area contributed by atoms with E-state index in [1.165, 1.54) is 6.33 Å². The van der Waals surface area contributed by atoms with Crippen molar-refractivity contribution < 1.29 is 0 Å². The molecule has 5 aromatic rings. The molecule has 0 radical (unpaired) electrons. The average molecular weight is 389 g/mol. The fourth-order valence-corrected chi connectivity index (χ4v) is 3.52. The molecule has 5 nitrogen and oxygen atoms in total. The van der Waals surface area contributed by atoms with Crippen LogP contribution in [0, 0.1) is 0 Å². The number of fused-ring (bicyclic) bond motifs is 1.